The van der Waals surface area contributed by atoms with Crippen LogP contribution in [-0.4, -0.2) is 9.55 Å². The topological polar surface area (TPSA) is 70.1 Å². The Morgan fingerprint density at radius 3 is 2.89 bits per heavy atom. The minimum Gasteiger partial charge on any atom is -0.435 e. The van der Waals surface area contributed by atoms with E-state index in [0.29, 0.717) is 18.0 Å². The van der Waals surface area contributed by atoms with Gasteiger partial charge in [0.25, 0.3) is 5.88 Å². The molecule has 0 saturated carbocycles. The van der Waals surface area contributed by atoms with Crippen LogP contribution in [0.4, 0.5) is 5.69 Å². The molecule has 5 nitrogen and oxygen atoms in total. The van der Waals surface area contributed by atoms with E-state index in [1.807, 2.05) is 13.8 Å². The zero-order valence-corrected chi connectivity index (χ0v) is 10.4. The molecule has 0 bridgehead atoms. The Labute approximate surface area is 105 Å². The van der Waals surface area contributed by atoms with Gasteiger partial charge in [-0.25, -0.2) is 4.98 Å². The van der Waals surface area contributed by atoms with Gasteiger partial charge in [0.15, 0.2) is 0 Å². The van der Waals surface area contributed by atoms with Crippen LogP contribution < -0.4 is 16.0 Å². The maximum atomic E-state index is 11.9. The summed E-state index contributed by atoms with van der Waals surface area (Å²) in [5, 5.41) is 0. The molecule has 2 N–H and O–H groups in total. The van der Waals surface area contributed by atoms with Gasteiger partial charge in [-0.05, 0) is 37.6 Å². The molecule has 0 aliphatic heterocycles. The van der Waals surface area contributed by atoms with Crippen LogP contribution in [0.1, 0.15) is 12.5 Å². The lowest BCUT2D eigenvalue weighted by Gasteiger charge is -2.08. The van der Waals surface area contributed by atoms with E-state index in [0.717, 1.165) is 5.56 Å². The summed E-state index contributed by atoms with van der Waals surface area (Å²) < 4.78 is 7.02. The van der Waals surface area contributed by atoms with Gasteiger partial charge in [0.05, 0.1) is 0 Å². The minimum absolute atomic E-state index is 0.0727. The molecule has 0 fully saturated rings. The number of ether oxygens (including phenoxy) is 1. The Balaban J connectivity index is 2.34. The quantitative estimate of drug-likeness (QED) is 0.839. The van der Waals surface area contributed by atoms with Crippen LogP contribution in [0.3, 0.4) is 0 Å². The van der Waals surface area contributed by atoms with Gasteiger partial charge in [-0.2, -0.15) is 0 Å². The van der Waals surface area contributed by atoms with Crippen molar-refractivity contribution in [3.63, 3.8) is 0 Å². The molecule has 0 radical (unpaired) electrons. The summed E-state index contributed by atoms with van der Waals surface area (Å²) in [5.74, 6) is 0.628. The summed E-state index contributed by atoms with van der Waals surface area (Å²) >= 11 is 0. The largest absolute Gasteiger partial charge is 0.435 e. The molecule has 2 aromatic rings. The van der Waals surface area contributed by atoms with Gasteiger partial charge in [-0.3, -0.25) is 4.79 Å². The highest BCUT2D eigenvalue weighted by molar-refractivity contribution is 5.49. The maximum absolute atomic E-state index is 11.9. The second kappa shape index (κ2) is 4.91. The first-order chi connectivity index (χ1) is 8.61. The van der Waals surface area contributed by atoms with E-state index in [4.69, 9.17) is 10.5 Å². The number of nitrogens with two attached hydrogens (primary N) is 1. The molecule has 0 unspecified atom stereocenters. The number of aromatic nitrogens is 2. The first-order valence-electron chi connectivity index (χ1n) is 5.71. The molecule has 2 rings (SSSR count). The Morgan fingerprint density at radius 1 is 1.44 bits per heavy atom. The molecule has 0 aliphatic carbocycles. The van der Waals surface area contributed by atoms with Crippen molar-refractivity contribution in [1.29, 1.82) is 0 Å². The predicted molar refractivity (Wildman–Crippen MR) is 69.8 cm³/mol. The van der Waals surface area contributed by atoms with E-state index in [1.54, 1.807) is 30.6 Å². The lowest BCUT2D eigenvalue weighted by atomic mass is 10.2. The highest BCUT2D eigenvalue weighted by Gasteiger charge is 2.07. The van der Waals surface area contributed by atoms with E-state index in [-0.39, 0.29) is 11.4 Å². The second-order valence-electron chi connectivity index (χ2n) is 3.94. The summed E-state index contributed by atoms with van der Waals surface area (Å²) in [6, 6.07) is 5.23. The first kappa shape index (κ1) is 12.2. The van der Waals surface area contributed by atoms with Gasteiger partial charge in [0.1, 0.15) is 5.75 Å². The molecule has 0 aliphatic rings. The van der Waals surface area contributed by atoms with E-state index < -0.39 is 0 Å². The van der Waals surface area contributed by atoms with Crippen molar-refractivity contribution >= 4 is 5.69 Å². The molecule has 0 amide bonds. The van der Waals surface area contributed by atoms with Crippen molar-refractivity contribution in [2.75, 3.05) is 5.73 Å². The van der Waals surface area contributed by atoms with Crippen LogP contribution in [0.2, 0.25) is 0 Å². The highest BCUT2D eigenvalue weighted by atomic mass is 16.5. The van der Waals surface area contributed by atoms with Crippen LogP contribution >= 0.6 is 0 Å². The molecule has 5 heteroatoms. The maximum Gasteiger partial charge on any atom is 0.313 e. The number of hydrogen-bond donors (Lipinski definition) is 1. The first-order valence-corrected chi connectivity index (χ1v) is 5.71. The fraction of sp³-hybridized carbons (Fsp3) is 0.231. The molecular weight excluding hydrogens is 230 g/mol. The third-order valence-electron chi connectivity index (χ3n) is 2.68. The van der Waals surface area contributed by atoms with Gasteiger partial charge in [0.2, 0.25) is 0 Å². The summed E-state index contributed by atoms with van der Waals surface area (Å²) in [7, 11) is 0. The summed E-state index contributed by atoms with van der Waals surface area (Å²) in [6.07, 6.45) is 3.17. The van der Waals surface area contributed by atoms with Crippen molar-refractivity contribution < 1.29 is 4.74 Å². The summed E-state index contributed by atoms with van der Waals surface area (Å²) in [4.78, 5) is 15.9. The van der Waals surface area contributed by atoms with Crippen molar-refractivity contribution in [1.82, 2.24) is 9.55 Å². The van der Waals surface area contributed by atoms with Crippen LogP contribution in [0.5, 0.6) is 11.6 Å². The summed E-state index contributed by atoms with van der Waals surface area (Å²) in [5.41, 5.74) is 7.07. The zero-order chi connectivity index (χ0) is 13.1. The van der Waals surface area contributed by atoms with Crippen LogP contribution in [0.25, 0.3) is 0 Å². The molecule has 94 valence electrons. The molecule has 0 spiro atoms. The van der Waals surface area contributed by atoms with Crippen molar-refractivity contribution in [2.45, 2.75) is 20.4 Å². The Kier molecular flexibility index (Phi) is 3.32. The lowest BCUT2D eigenvalue weighted by Crippen LogP contribution is -2.20. The van der Waals surface area contributed by atoms with Gasteiger partial charge in [0, 0.05) is 24.6 Å². The molecule has 1 aromatic carbocycles. The van der Waals surface area contributed by atoms with Crippen LogP contribution in [0, 0.1) is 6.92 Å². The second-order valence-corrected chi connectivity index (χ2v) is 3.94. The number of rotatable bonds is 3. The number of benzene rings is 1. The van der Waals surface area contributed by atoms with Crippen molar-refractivity contribution in [3.8, 4) is 11.6 Å². The average molecular weight is 245 g/mol. The molecule has 0 saturated heterocycles. The predicted octanol–water partition coefficient (Wildman–Crippen LogP) is 1.95. The number of anilines is 1. The third kappa shape index (κ3) is 2.34. The molecule has 1 heterocycles. The number of hydrogen-bond acceptors (Lipinski definition) is 4. The molecule has 1 aromatic heterocycles. The minimum atomic E-state index is -0.241. The van der Waals surface area contributed by atoms with E-state index in [1.165, 1.54) is 4.57 Å². The van der Waals surface area contributed by atoms with Crippen molar-refractivity contribution in [2.24, 2.45) is 0 Å². The summed E-state index contributed by atoms with van der Waals surface area (Å²) in [6.45, 7) is 4.35. The third-order valence-corrected chi connectivity index (χ3v) is 2.68. The highest BCUT2D eigenvalue weighted by Crippen LogP contribution is 2.21. The normalized spacial score (nSPS) is 10.3. The standard InChI is InChI=1S/C13H15N3O2/c1-3-16-7-6-15-12(13(16)17)18-10-4-5-11(14)9(2)8-10/h4-8H,3,14H2,1-2H3. The average Bonchev–Trinajstić information content (AvgIpc) is 2.36. The molecular formula is C13H15N3O2. The van der Waals surface area contributed by atoms with E-state index in [2.05, 4.69) is 4.98 Å². The Morgan fingerprint density at radius 2 is 2.22 bits per heavy atom. The zero-order valence-electron chi connectivity index (χ0n) is 10.4. The fourth-order valence-corrected chi connectivity index (χ4v) is 1.57. The van der Waals surface area contributed by atoms with E-state index >= 15 is 0 Å². The molecule has 0 atom stereocenters. The van der Waals surface area contributed by atoms with Gasteiger partial charge in [-0.15, -0.1) is 0 Å². The van der Waals surface area contributed by atoms with Gasteiger partial charge in [-0.1, -0.05) is 0 Å². The van der Waals surface area contributed by atoms with Crippen molar-refractivity contribution in [3.05, 3.63) is 46.5 Å². The smallest absolute Gasteiger partial charge is 0.313 e. The fourth-order valence-electron chi connectivity index (χ4n) is 1.57. The number of nitrogens with zero attached hydrogens (tertiary/aromatic N) is 2. The number of aryl methyl sites for hydroxylation is 2. The van der Waals surface area contributed by atoms with Crippen LogP contribution in [0.15, 0.2) is 35.4 Å². The SMILES string of the molecule is CCn1ccnc(Oc2ccc(N)c(C)c2)c1=O. The molecule has 18 heavy (non-hydrogen) atoms. The van der Waals surface area contributed by atoms with Crippen LogP contribution in [-0.2, 0) is 6.54 Å². The number of nitrogen functional groups attached to an aromatic ring is 1. The Bertz CT molecular complexity index is 620. The Hall–Kier alpha value is -2.30. The monoisotopic (exact) mass is 245 g/mol. The van der Waals surface area contributed by atoms with Gasteiger partial charge < -0.3 is 15.0 Å². The van der Waals surface area contributed by atoms with Gasteiger partial charge >= 0.3 is 5.56 Å². The van der Waals surface area contributed by atoms with E-state index in [9.17, 15) is 4.79 Å². The lowest BCUT2D eigenvalue weighted by molar-refractivity contribution is 0.445.